The summed E-state index contributed by atoms with van der Waals surface area (Å²) in [5.74, 6) is 1.17. The summed E-state index contributed by atoms with van der Waals surface area (Å²) in [4.78, 5) is 21.7. The largest absolute Gasteiger partial charge is 0.441 e. The third-order valence-electron chi connectivity index (χ3n) is 5.57. The molecule has 1 aliphatic rings. The summed E-state index contributed by atoms with van der Waals surface area (Å²) in [5.41, 5.74) is 2.73. The lowest BCUT2D eigenvalue weighted by Crippen LogP contribution is -2.46. The number of anilines is 2. The van der Waals surface area contributed by atoms with E-state index >= 15 is 0 Å². The molecular weight excluding hydrogens is 412 g/mol. The Labute approximate surface area is 187 Å². The van der Waals surface area contributed by atoms with Gasteiger partial charge in [-0.25, -0.2) is 4.98 Å². The molecule has 0 radical (unpaired) electrons. The summed E-state index contributed by atoms with van der Waals surface area (Å²) in [6.45, 7) is 7.12. The highest BCUT2D eigenvalue weighted by atomic mass is 35.5. The maximum Gasteiger partial charge on any atom is 0.224 e. The predicted molar refractivity (Wildman–Crippen MR) is 125 cm³/mol. The Morgan fingerprint density at radius 3 is 2.65 bits per heavy atom. The molecule has 162 valence electrons. The molecular formula is C24H27ClN4O2. The van der Waals surface area contributed by atoms with E-state index in [1.54, 1.807) is 6.20 Å². The Hall–Kier alpha value is -2.83. The Morgan fingerprint density at radius 2 is 1.90 bits per heavy atom. The third-order valence-corrected chi connectivity index (χ3v) is 5.81. The summed E-state index contributed by atoms with van der Waals surface area (Å²) < 4.78 is 5.80. The van der Waals surface area contributed by atoms with Crippen molar-refractivity contribution in [3.63, 3.8) is 0 Å². The molecule has 3 aromatic rings. The second kappa shape index (κ2) is 9.98. The minimum atomic E-state index is -0.0878. The normalized spacial score (nSPS) is 14.6. The van der Waals surface area contributed by atoms with Gasteiger partial charge in [0.1, 0.15) is 0 Å². The number of halogens is 1. The molecule has 0 unspecified atom stereocenters. The van der Waals surface area contributed by atoms with Gasteiger partial charge in [0.2, 0.25) is 5.91 Å². The molecule has 0 aliphatic carbocycles. The highest BCUT2D eigenvalue weighted by Crippen LogP contribution is 2.30. The van der Waals surface area contributed by atoms with Gasteiger partial charge in [-0.15, -0.1) is 0 Å². The summed E-state index contributed by atoms with van der Waals surface area (Å²) in [6.07, 6.45) is 2.42. The number of hydrogen-bond donors (Lipinski definition) is 1. The molecule has 4 rings (SSSR count). The number of piperazine rings is 1. The maximum atomic E-state index is 12.7. The molecule has 1 aromatic heterocycles. The van der Waals surface area contributed by atoms with E-state index in [1.807, 2.05) is 48.5 Å². The number of nitrogens with one attached hydrogen (secondary N) is 1. The average molecular weight is 439 g/mol. The van der Waals surface area contributed by atoms with Crippen molar-refractivity contribution in [3.05, 3.63) is 65.6 Å². The molecule has 0 spiro atoms. The van der Waals surface area contributed by atoms with Crippen LogP contribution in [0.25, 0.3) is 11.3 Å². The Balaban J connectivity index is 1.38. The van der Waals surface area contributed by atoms with Crippen LogP contribution in [-0.2, 0) is 11.2 Å². The molecule has 1 fully saturated rings. The Morgan fingerprint density at radius 1 is 1.13 bits per heavy atom. The van der Waals surface area contributed by atoms with Crippen LogP contribution in [0.1, 0.15) is 19.2 Å². The number of likely N-dealkylation sites (N-methyl/N-ethyl adjacent to an activating group) is 1. The summed E-state index contributed by atoms with van der Waals surface area (Å²) in [7, 11) is 0. The fourth-order valence-corrected chi connectivity index (χ4v) is 3.96. The van der Waals surface area contributed by atoms with Crippen molar-refractivity contribution < 1.29 is 9.21 Å². The number of amides is 1. The van der Waals surface area contributed by atoms with Crippen LogP contribution in [0.2, 0.25) is 5.02 Å². The van der Waals surface area contributed by atoms with Crippen molar-refractivity contribution >= 4 is 28.9 Å². The number of aryl methyl sites for hydroxylation is 1. The van der Waals surface area contributed by atoms with E-state index in [0.29, 0.717) is 23.1 Å². The minimum absolute atomic E-state index is 0.0878. The predicted octanol–water partition coefficient (Wildman–Crippen LogP) is 4.71. The van der Waals surface area contributed by atoms with Crippen LogP contribution in [0.5, 0.6) is 0 Å². The van der Waals surface area contributed by atoms with E-state index in [2.05, 4.69) is 27.0 Å². The van der Waals surface area contributed by atoms with E-state index in [9.17, 15) is 4.79 Å². The highest BCUT2D eigenvalue weighted by Gasteiger charge is 2.19. The summed E-state index contributed by atoms with van der Waals surface area (Å²) >= 11 is 6.22. The first-order valence-corrected chi connectivity index (χ1v) is 11.1. The van der Waals surface area contributed by atoms with Crippen molar-refractivity contribution in [3.8, 4) is 11.3 Å². The fraction of sp³-hybridized carbons (Fsp3) is 0.333. The number of carbonyl (C=O) groups is 1. The number of oxazole rings is 1. The quantitative estimate of drug-likeness (QED) is 0.579. The Kier molecular flexibility index (Phi) is 6.89. The number of hydrogen-bond acceptors (Lipinski definition) is 5. The first-order chi connectivity index (χ1) is 15.1. The lowest BCUT2D eigenvalue weighted by molar-refractivity contribution is -0.116. The van der Waals surface area contributed by atoms with Crippen LogP contribution in [-0.4, -0.2) is 48.5 Å². The molecule has 1 saturated heterocycles. The lowest BCUT2D eigenvalue weighted by Gasteiger charge is -2.36. The van der Waals surface area contributed by atoms with E-state index in [-0.39, 0.29) is 12.3 Å². The van der Waals surface area contributed by atoms with Gasteiger partial charge in [-0.3, -0.25) is 4.79 Å². The molecule has 1 amide bonds. The van der Waals surface area contributed by atoms with Gasteiger partial charge < -0.3 is 19.5 Å². The first kappa shape index (κ1) is 21.4. The minimum Gasteiger partial charge on any atom is -0.441 e. The van der Waals surface area contributed by atoms with Crippen LogP contribution in [0.3, 0.4) is 0 Å². The molecule has 2 heterocycles. The zero-order valence-corrected chi connectivity index (χ0v) is 18.4. The average Bonchev–Trinajstić information content (AvgIpc) is 3.28. The molecule has 6 nitrogen and oxygen atoms in total. The number of benzene rings is 2. The molecule has 2 aromatic carbocycles. The molecule has 0 atom stereocenters. The van der Waals surface area contributed by atoms with Gasteiger partial charge >= 0.3 is 0 Å². The molecule has 31 heavy (non-hydrogen) atoms. The maximum absolute atomic E-state index is 12.7. The van der Waals surface area contributed by atoms with Crippen molar-refractivity contribution in [2.45, 2.75) is 19.8 Å². The number of carbonyl (C=O) groups excluding carboxylic acids is 1. The van der Waals surface area contributed by atoms with Crippen molar-refractivity contribution in [1.82, 2.24) is 9.88 Å². The zero-order valence-electron chi connectivity index (χ0n) is 17.7. The monoisotopic (exact) mass is 438 g/mol. The van der Waals surface area contributed by atoms with Crippen LogP contribution in [0, 0.1) is 0 Å². The lowest BCUT2D eigenvalue weighted by atomic mass is 10.2. The number of nitrogens with zero attached hydrogens (tertiary/aromatic N) is 3. The van der Waals surface area contributed by atoms with Gasteiger partial charge in [0.05, 0.1) is 17.6 Å². The highest BCUT2D eigenvalue weighted by molar-refractivity contribution is 6.31. The van der Waals surface area contributed by atoms with Crippen LogP contribution in [0.15, 0.2) is 59.1 Å². The van der Waals surface area contributed by atoms with Gasteiger partial charge in [-0.2, -0.15) is 0 Å². The first-order valence-electron chi connectivity index (χ1n) is 10.7. The van der Waals surface area contributed by atoms with Crippen molar-refractivity contribution in [2.75, 3.05) is 42.9 Å². The second-order valence-electron chi connectivity index (χ2n) is 7.62. The molecule has 0 saturated carbocycles. The summed E-state index contributed by atoms with van der Waals surface area (Å²) in [5, 5.41) is 3.64. The van der Waals surface area contributed by atoms with E-state index in [4.69, 9.17) is 16.0 Å². The molecule has 7 heteroatoms. The molecule has 1 N–H and O–H groups in total. The summed E-state index contributed by atoms with van der Waals surface area (Å²) in [6, 6.07) is 15.5. The SMILES string of the molecule is CCN1CCN(c2ccc(Cl)cc2NC(=O)CCc2ncc(-c3ccccc3)o2)CC1. The van der Waals surface area contributed by atoms with Crippen LogP contribution >= 0.6 is 11.6 Å². The Bertz CT molecular complexity index is 1010. The van der Waals surface area contributed by atoms with Crippen molar-refractivity contribution in [2.24, 2.45) is 0 Å². The standard InChI is InChI=1S/C24H27ClN4O2/c1-2-28-12-14-29(15-13-28)21-9-8-19(25)16-20(21)27-23(30)10-11-24-26-17-22(31-24)18-6-4-3-5-7-18/h3-9,16-17H,2,10-15H2,1H3,(H,27,30). The van der Waals surface area contributed by atoms with E-state index in [1.165, 1.54) is 0 Å². The van der Waals surface area contributed by atoms with Gasteiger partial charge in [-0.05, 0) is 24.7 Å². The third kappa shape index (κ3) is 5.46. The smallest absolute Gasteiger partial charge is 0.224 e. The van der Waals surface area contributed by atoms with Gasteiger partial charge in [0.25, 0.3) is 0 Å². The zero-order chi connectivity index (χ0) is 21.6. The molecule has 0 bridgehead atoms. The van der Waals surface area contributed by atoms with Gasteiger partial charge in [-0.1, -0.05) is 48.9 Å². The molecule has 1 aliphatic heterocycles. The van der Waals surface area contributed by atoms with E-state index in [0.717, 1.165) is 49.7 Å². The fourth-order valence-electron chi connectivity index (χ4n) is 3.78. The number of rotatable bonds is 7. The van der Waals surface area contributed by atoms with Crippen LogP contribution in [0.4, 0.5) is 11.4 Å². The topological polar surface area (TPSA) is 61.6 Å². The van der Waals surface area contributed by atoms with Gasteiger partial charge in [0, 0.05) is 49.6 Å². The number of aromatic nitrogens is 1. The van der Waals surface area contributed by atoms with E-state index < -0.39 is 0 Å². The van der Waals surface area contributed by atoms with Gasteiger partial charge in [0.15, 0.2) is 11.7 Å². The van der Waals surface area contributed by atoms with Crippen molar-refractivity contribution in [1.29, 1.82) is 0 Å². The second-order valence-corrected chi connectivity index (χ2v) is 8.05. The van der Waals surface area contributed by atoms with Crippen LogP contribution < -0.4 is 10.2 Å².